The van der Waals surface area contributed by atoms with Crippen molar-refractivity contribution in [3.8, 4) is 17.6 Å². The first-order valence-corrected chi connectivity index (χ1v) is 10.7. The number of morpholine rings is 1. The first kappa shape index (κ1) is 23.8. The zero-order valence-corrected chi connectivity index (χ0v) is 18.6. The molecule has 172 valence electrons. The Labute approximate surface area is 193 Å². The lowest BCUT2D eigenvalue weighted by molar-refractivity contribution is -0.137. The second kappa shape index (κ2) is 12.3. The molecular weight excluding hydrogens is 422 g/mol. The second-order valence-electron chi connectivity index (χ2n) is 7.35. The molecule has 0 unspecified atom stereocenters. The van der Waals surface area contributed by atoms with E-state index in [4.69, 9.17) is 14.2 Å². The van der Waals surface area contributed by atoms with Crippen molar-refractivity contribution in [1.29, 1.82) is 5.26 Å². The predicted molar refractivity (Wildman–Crippen MR) is 123 cm³/mol. The summed E-state index contributed by atoms with van der Waals surface area (Å²) in [6.45, 7) is 2.46. The molecule has 0 aliphatic carbocycles. The van der Waals surface area contributed by atoms with Gasteiger partial charge < -0.3 is 24.4 Å². The fourth-order valence-electron chi connectivity index (χ4n) is 3.31. The van der Waals surface area contributed by atoms with Gasteiger partial charge >= 0.3 is 0 Å². The standard InChI is InChI=1S/C25H27N3O5/c1-31-23-16-20(7-8-22(23)33-18-24(29)28-11-13-32-14-12-28)15-21(17-26)25(30)27-10-9-19-5-3-2-4-6-19/h2-8,15-16H,9-14,18H2,1H3,(H,27,30)/b21-15+. The molecule has 0 radical (unpaired) electrons. The van der Waals surface area contributed by atoms with Gasteiger partial charge in [-0.25, -0.2) is 0 Å². The van der Waals surface area contributed by atoms with E-state index in [1.807, 2.05) is 36.4 Å². The smallest absolute Gasteiger partial charge is 0.261 e. The Bertz CT molecular complexity index is 1020. The molecule has 8 heteroatoms. The second-order valence-corrected chi connectivity index (χ2v) is 7.35. The summed E-state index contributed by atoms with van der Waals surface area (Å²) in [7, 11) is 1.49. The van der Waals surface area contributed by atoms with Gasteiger partial charge in [-0.05, 0) is 35.8 Å². The fraction of sp³-hybridized carbons (Fsp3) is 0.320. The van der Waals surface area contributed by atoms with Gasteiger partial charge in [-0.15, -0.1) is 0 Å². The minimum atomic E-state index is -0.441. The predicted octanol–water partition coefficient (Wildman–Crippen LogP) is 2.20. The van der Waals surface area contributed by atoms with E-state index in [1.54, 1.807) is 23.1 Å². The molecule has 2 amide bonds. The molecule has 1 heterocycles. The van der Waals surface area contributed by atoms with Crippen molar-refractivity contribution in [3.63, 3.8) is 0 Å². The molecule has 0 saturated carbocycles. The zero-order valence-electron chi connectivity index (χ0n) is 18.6. The summed E-state index contributed by atoms with van der Waals surface area (Å²) in [5.41, 5.74) is 1.70. The van der Waals surface area contributed by atoms with Gasteiger partial charge in [0.1, 0.15) is 11.6 Å². The summed E-state index contributed by atoms with van der Waals surface area (Å²) in [4.78, 5) is 26.4. The Morgan fingerprint density at radius 2 is 1.91 bits per heavy atom. The molecule has 2 aromatic carbocycles. The van der Waals surface area contributed by atoms with Crippen LogP contribution in [0.2, 0.25) is 0 Å². The van der Waals surface area contributed by atoms with Crippen molar-refractivity contribution in [3.05, 3.63) is 65.2 Å². The number of carbonyl (C=O) groups excluding carboxylic acids is 2. The molecule has 2 aromatic rings. The van der Waals surface area contributed by atoms with Crippen LogP contribution in [0.3, 0.4) is 0 Å². The van der Waals surface area contributed by atoms with Gasteiger partial charge in [-0.3, -0.25) is 9.59 Å². The molecule has 1 aliphatic heterocycles. The summed E-state index contributed by atoms with van der Waals surface area (Å²) in [6.07, 6.45) is 2.16. The minimum absolute atomic E-state index is 0.0127. The zero-order chi connectivity index (χ0) is 23.5. The molecular formula is C25H27N3O5. The lowest BCUT2D eigenvalue weighted by Crippen LogP contribution is -2.43. The van der Waals surface area contributed by atoms with Gasteiger partial charge in [-0.1, -0.05) is 36.4 Å². The number of nitrogens with zero attached hydrogens (tertiary/aromatic N) is 2. The number of amides is 2. The van der Waals surface area contributed by atoms with Crippen LogP contribution < -0.4 is 14.8 Å². The molecule has 1 N–H and O–H groups in total. The highest BCUT2D eigenvalue weighted by Gasteiger charge is 2.18. The largest absolute Gasteiger partial charge is 0.493 e. The van der Waals surface area contributed by atoms with Gasteiger partial charge in [0.15, 0.2) is 18.1 Å². The number of carbonyl (C=O) groups is 2. The Kier molecular flexibility index (Phi) is 8.86. The van der Waals surface area contributed by atoms with Gasteiger partial charge in [0.05, 0.1) is 20.3 Å². The van der Waals surface area contributed by atoms with E-state index in [0.29, 0.717) is 56.3 Å². The maximum Gasteiger partial charge on any atom is 0.261 e. The minimum Gasteiger partial charge on any atom is -0.493 e. The van der Waals surface area contributed by atoms with Crippen LogP contribution in [0.4, 0.5) is 0 Å². The molecule has 1 saturated heterocycles. The Morgan fingerprint density at radius 3 is 2.61 bits per heavy atom. The molecule has 0 bridgehead atoms. The SMILES string of the molecule is COc1cc(/C=C(\C#N)C(=O)NCCc2ccccc2)ccc1OCC(=O)N1CCOCC1. The number of rotatable bonds is 9. The molecule has 0 aromatic heterocycles. The highest BCUT2D eigenvalue weighted by atomic mass is 16.5. The normalized spacial score (nSPS) is 13.7. The molecule has 1 fully saturated rings. The Hall–Kier alpha value is -3.83. The molecule has 8 nitrogen and oxygen atoms in total. The lowest BCUT2D eigenvalue weighted by Gasteiger charge is -2.26. The van der Waals surface area contributed by atoms with Gasteiger partial charge in [0.25, 0.3) is 11.8 Å². The van der Waals surface area contributed by atoms with Crippen molar-refractivity contribution in [2.45, 2.75) is 6.42 Å². The maximum atomic E-state index is 12.4. The van der Waals surface area contributed by atoms with E-state index in [-0.39, 0.29) is 18.1 Å². The number of methoxy groups -OCH3 is 1. The van der Waals surface area contributed by atoms with Gasteiger partial charge in [0.2, 0.25) is 0 Å². The summed E-state index contributed by atoms with van der Waals surface area (Å²) in [5, 5.41) is 12.2. The maximum absolute atomic E-state index is 12.4. The van der Waals surface area contributed by atoms with Crippen LogP contribution in [-0.2, 0) is 20.7 Å². The molecule has 1 aliphatic rings. The number of nitriles is 1. The average Bonchev–Trinajstić information content (AvgIpc) is 2.87. The number of hydrogen-bond donors (Lipinski definition) is 1. The number of hydrogen-bond acceptors (Lipinski definition) is 6. The van der Waals surface area contributed by atoms with E-state index in [2.05, 4.69) is 5.32 Å². The average molecular weight is 450 g/mol. The van der Waals surface area contributed by atoms with Crippen LogP contribution in [0.5, 0.6) is 11.5 Å². The van der Waals surface area contributed by atoms with E-state index in [9.17, 15) is 14.9 Å². The first-order chi connectivity index (χ1) is 16.1. The highest BCUT2D eigenvalue weighted by Crippen LogP contribution is 2.29. The van der Waals surface area contributed by atoms with Crippen molar-refractivity contribution in [2.24, 2.45) is 0 Å². The Balaban J connectivity index is 1.59. The Morgan fingerprint density at radius 1 is 1.15 bits per heavy atom. The van der Waals surface area contributed by atoms with E-state index >= 15 is 0 Å². The van der Waals surface area contributed by atoms with Gasteiger partial charge in [0, 0.05) is 19.6 Å². The van der Waals surface area contributed by atoms with Crippen molar-refractivity contribution < 1.29 is 23.8 Å². The molecule has 3 rings (SSSR count). The molecule has 0 spiro atoms. The third-order valence-corrected chi connectivity index (χ3v) is 5.12. The quantitative estimate of drug-likeness (QED) is 0.465. The van der Waals surface area contributed by atoms with Crippen molar-refractivity contribution in [1.82, 2.24) is 10.2 Å². The molecule has 0 atom stereocenters. The van der Waals surface area contributed by atoms with Crippen LogP contribution in [0, 0.1) is 11.3 Å². The van der Waals surface area contributed by atoms with Crippen LogP contribution >= 0.6 is 0 Å². The topological polar surface area (TPSA) is 101 Å². The third-order valence-electron chi connectivity index (χ3n) is 5.12. The van der Waals surface area contributed by atoms with Crippen LogP contribution in [-0.4, -0.2) is 63.3 Å². The first-order valence-electron chi connectivity index (χ1n) is 10.7. The van der Waals surface area contributed by atoms with Gasteiger partial charge in [-0.2, -0.15) is 5.26 Å². The number of nitrogens with one attached hydrogen (secondary N) is 1. The van der Waals surface area contributed by atoms with Crippen molar-refractivity contribution in [2.75, 3.05) is 46.6 Å². The van der Waals surface area contributed by atoms with Crippen LogP contribution in [0.25, 0.3) is 6.08 Å². The van der Waals surface area contributed by atoms with Crippen LogP contribution in [0.1, 0.15) is 11.1 Å². The molecule has 33 heavy (non-hydrogen) atoms. The summed E-state index contributed by atoms with van der Waals surface area (Å²) >= 11 is 0. The van der Waals surface area contributed by atoms with Crippen LogP contribution in [0.15, 0.2) is 54.1 Å². The third kappa shape index (κ3) is 7.09. The highest BCUT2D eigenvalue weighted by molar-refractivity contribution is 6.01. The van der Waals surface area contributed by atoms with E-state index in [1.165, 1.54) is 13.2 Å². The monoisotopic (exact) mass is 449 g/mol. The summed E-state index contributed by atoms with van der Waals surface area (Å²) in [5.74, 6) is 0.245. The summed E-state index contributed by atoms with van der Waals surface area (Å²) < 4.78 is 16.3. The lowest BCUT2D eigenvalue weighted by atomic mass is 10.1. The summed E-state index contributed by atoms with van der Waals surface area (Å²) in [6, 6.07) is 16.7. The number of benzene rings is 2. The fourth-order valence-corrected chi connectivity index (χ4v) is 3.31. The van der Waals surface area contributed by atoms with E-state index in [0.717, 1.165) is 5.56 Å². The number of ether oxygens (including phenoxy) is 3. The van der Waals surface area contributed by atoms with E-state index < -0.39 is 5.91 Å². The van der Waals surface area contributed by atoms with Crippen molar-refractivity contribution >= 4 is 17.9 Å².